The molecule has 0 bridgehead atoms. The fourth-order valence-corrected chi connectivity index (χ4v) is 1.62. The van der Waals surface area contributed by atoms with Gasteiger partial charge >= 0.3 is 0 Å². The Morgan fingerprint density at radius 3 is 2.70 bits per heavy atom. The predicted octanol–water partition coefficient (Wildman–Crippen LogP) is 0.980. The van der Waals surface area contributed by atoms with Crippen molar-refractivity contribution in [2.75, 3.05) is 27.2 Å². The van der Waals surface area contributed by atoms with Gasteiger partial charge in [0.1, 0.15) is 0 Å². The van der Waals surface area contributed by atoms with Gasteiger partial charge in [-0.15, -0.1) is 17.5 Å². The van der Waals surface area contributed by atoms with E-state index in [9.17, 15) is 4.79 Å². The summed E-state index contributed by atoms with van der Waals surface area (Å²) >= 11 is 0. The lowest BCUT2D eigenvalue weighted by atomic mass is 10.3. The number of amides is 1. The van der Waals surface area contributed by atoms with Gasteiger partial charge in [-0.05, 0) is 19.2 Å². The van der Waals surface area contributed by atoms with E-state index in [1.807, 2.05) is 37.4 Å². The second-order valence-electron chi connectivity index (χ2n) is 4.19. The maximum absolute atomic E-state index is 12.1. The van der Waals surface area contributed by atoms with E-state index in [0.29, 0.717) is 12.2 Å². The zero-order chi connectivity index (χ0) is 13.7. The van der Waals surface area contributed by atoms with Gasteiger partial charge in [0, 0.05) is 20.1 Å². The van der Waals surface area contributed by atoms with Crippen molar-refractivity contribution in [3.8, 4) is 5.69 Å². The molecule has 7 heteroatoms. The number of benzene rings is 1. The van der Waals surface area contributed by atoms with E-state index in [-0.39, 0.29) is 18.3 Å². The summed E-state index contributed by atoms with van der Waals surface area (Å²) in [5, 5.41) is 11.3. The molecular formula is C13H18ClN5O. The third-order valence-electron chi connectivity index (χ3n) is 2.74. The van der Waals surface area contributed by atoms with Gasteiger partial charge in [-0.25, -0.2) is 0 Å². The number of rotatable bonds is 5. The predicted molar refractivity (Wildman–Crippen MR) is 79.5 cm³/mol. The number of halogens is 1. The van der Waals surface area contributed by atoms with E-state index in [1.54, 1.807) is 11.9 Å². The first-order chi connectivity index (χ1) is 9.22. The molecule has 0 aliphatic carbocycles. The monoisotopic (exact) mass is 295 g/mol. The summed E-state index contributed by atoms with van der Waals surface area (Å²) in [6, 6.07) is 9.50. The van der Waals surface area contributed by atoms with E-state index < -0.39 is 0 Å². The zero-order valence-corrected chi connectivity index (χ0v) is 12.3. The Bertz CT molecular complexity index is 543. The van der Waals surface area contributed by atoms with Crippen LogP contribution < -0.4 is 5.32 Å². The highest BCUT2D eigenvalue weighted by molar-refractivity contribution is 5.91. The first-order valence-corrected chi connectivity index (χ1v) is 6.10. The lowest BCUT2D eigenvalue weighted by Gasteiger charge is -2.14. The van der Waals surface area contributed by atoms with Crippen LogP contribution in [0, 0.1) is 0 Å². The van der Waals surface area contributed by atoms with Crippen molar-refractivity contribution in [1.82, 2.24) is 25.2 Å². The molecule has 0 spiro atoms. The van der Waals surface area contributed by atoms with Gasteiger partial charge in [-0.3, -0.25) is 4.79 Å². The zero-order valence-electron chi connectivity index (χ0n) is 11.5. The molecule has 1 heterocycles. The van der Waals surface area contributed by atoms with Crippen molar-refractivity contribution in [1.29, 1.82) is 0 Å². The molecule has 2 aromatic rings. The third-order valence-corrected chi connectivity index (χ3v) is 2.74. The average Bonchev–Trinajstić information content (AvgIpc) is 2.94. The van der Waals surface area contributed by atoms with Crippen LogP contribution in [0.1, 0.15) is 10.5 Å². The molecule has 0 atom stereocenters. The topological polar surface area (TPSA) is 63.1 Å². The lowest BCUT2D eigenvalue weighted by molar-refractivity contribution is 0.0790. The second-order valence-corrected chi connectivity index (χ2v) is 4.19. The number of para-hydroxylation sites is 1. The molecule has 0 fully saturated rings. The van der Waals surface area contributed by atoms with Crippen molar-refractivity contribution in [3.63, 3.8) is 0 Å². The Balaban J connectivity index is 0.00000200. The van der Waals surface area contributed by atoms with Gasteiger partial charge in [0.15, 0.2) is 5.69 Å². The molecule has 1 aromatic carbocycles. The number of carbonyl (C=O) groups excluding carboxylic acids is 1. The fourth-order valence-electron chi connectivity index (χ4n) is 1.62. The van der Waals surface area contributed by atoms with Crippen molar-refractivity contribution < 1.29 is 4.79 Å². The number of carbonyl (C=O) groups is 1. The SMILES string of the molecule is CNCCN(C)C(=O)c1cnn(-c2ccccc2)n1.Cl. The van der Waals surface area contributed by atoms with Gasteiger partial charge in [-0.2, -0.15) is 9.90 Å². The van der Waals surface area contributed by atoms with Crippen LogP contribution in [0.2, 0.25) is 0 Å². The van der Waals surface area contributed by atoms with E-state index in [1.165, 1.54) is 11.0 Å². The van der Waals surface area contributed by atoms with E-state index in [0.717, 1.165) is 12.2 Å². The van der Waals surface area contributed by atoms with Crippen LogP contribution in [-0.2, 0) is 0 Å². The van der Waals surface area contributed by atoms with E-state index in [2.05, 4.69) is 15.5 Å². The number of nitrogens with one attached hydrogen (secondary N) is 1. The molecule has 0 saturated carbocycles. The third kappa shape index (κ3) is 3.79. The van der Waals surface area contributed by atoms with Gasteiger partial charge < -0.3 is 10.2 Å². The Kier molecular flexibility index (Phi) is 6.14. The largest absolute Gasteiger partial charge is 0.339 e. The Hall–Kier alpha value is -1.92. The molecule has 1 aromatic heterocycles. The molecule has 2 rings (SSSR count). The van der Waals surface area contributed by atoms with Crippen molar-refractivity contribution in [3.05, 3.63) is 42.2 Å². The van der Waals surface area contributed by atoms with Crippen LogP contribution in [-0.4, -0.2) is 53.0 Å². The van der Waals surface area contributed by atoms with Crippen LogP contribution >= 0.6 is 12.4 Å². The minimum absolute atomic E-state index is 0. The summed E-state index contributed by atoms with van der Waals surface area (Å²) in [4.78, 5) is 15.2. The first kappa shape index (κ1) is 16.1. The van der Waals surface area contributed by atoms with Gasteiger partial charge in [0.2, 0.25) is 0 Å². The molecule has 0 unspecified atom stereocenters. The Morgan fingerprint density at radius 1 is 1.35 bits per heavy atom. The highest BCUT2D eigenvalue weighted by atomic mass is 35.5. The molecule has 108 valence electrons. The Labute approximate surface area is 124 Å². The lowest BCUT2D eigenvalue weighted by Crippen LogP contribution is -2.33. The molecular weight excluding hydrogens is 278 g/mol. The fraction of sp³-hybridized carbons (Fsp3) is 0.308. The minimum atomic E-state index is -0.127. The molecule has 0 aliphatic rings. The number of hydrogen-bond acceptors (Lipinski definition) is 4. The highest BCUT2D eigenvalue weighted by Crippen LogP contribution is 2.05. The van der Waals surface area contributed by atoms with E-state index >= 15 is 0 Å². The summed E-state index contributed by atoms with van der Waals surface area (Å²) < 4.78 is 0. The van der Waals surface area contributed by atoms with Crippen molar-refractivity contribution >= 4 is 18.3 Å². The number of likely N-dealkylation sites (N-methyl/N-ethyl adjacent to an activating group) is 2. The smallest absolute Gasteiger partial charge is 0.275 e. The van der Waals surface area contributed by atoms with Gasteiger partial charge in [0.05, 0.1) is 11.9 Å². The first-order valence-electron chi connectivity index (χ1n) is 6.10. The van der Waals surface area contributed by atoms with Crippen LogP contribution in [0.5, 0.6) is 0 Å². The van der Waals surface area contributed by atoms with Crippen LogP contribution in [0.3, 0.4) is 0 Å². The maximum Gasteiger partial charge on any atom is 0.275 e. The minimum Gasteiger partial charge on any atom is -0.339 e. The molecule has 0 aliphatic heterocycles. The summed E-state index contributed by atoms with van der Waals surface area (Å²) in [5.74, 6) is -0.127. The van der Waals surface area contributed by atoms with Gasteiger partial charge in [0.25, 0.3) is 5.91 Å². The number of nitrogens with zero attached hydrogens (tertiary/aromatic N) is 4. The van der Waals surface area contributed by atoms with Crippen LogP contribution in [0.4, 0.5) is 0 Å². The maximum atomic E-state index is 12.1. The normalized spacial score (nSPS) is 9.90. The van der Waals surface area contributed by atoms with Crippen LogP contribution in [0.15, 0.2) is 36.5 Å². The number of hydrogen-bond donors (Lipinski definition) is 1. The summed E-state index contributed by atoms with van der Waals surface area (Å²) in [7, 11) is 3.60. The molecule has 20 heavy (non-hydrogen) atoms. The quantitative estimate of drug-likeness (QED) is 0.893. The molecule has 0 saturated heterocycles. The van der Waals surface area contributed by atoms with Crippen LogP contribution in [0.25, 0.3) is 5.69 Å². The molecule has 1 amide bonds. The molecule has 0 radical (unpaired) electrons. The second kappa shape index (κ2) is 7.62. The van der Waals surface area contributed by atoms with Gasteiger partial charge in [-0.1, -0.05) is 18.2 Å². The standard InChI is InChI=1S/C13H17N5O.ClH/c1-14-8-9-17(2)13(19)12-10-15-18(16-12)11-6-4-3-5-7-11;/h3-7,10,14H,8-9H2,1-2H3;1H. The summed E-state index contributed by atoms with van der Waals surface area (Å²) in [6.45, 7) is 1.38. The van der Waals surface area contributed by atoms with Crippen molar-refractivity contribution in [2.24, 2.45) is 0 Å². The number of aromatic nitrogens is 3. The summed E-state index contributed by atoms with van der Waals surface area (Å²) in [5.41, 5.74) is 1.18. The van der Waals surface area contributed by atoms with E-state index in [4.69, 9.17) is 0 Å². The Morgan fingerprint density at radius 2 is 2.05 bits per heavy atom. The molecule has 6 nitrogen and oxygen atoms in total. The average molecular weight is 296 g/mol. The van der Waals surface area contributed by atoms with Crippen molar-refractivity contribution in [2.45, 2.75) is 0 Å². The summed E-state index contributed by atoms with van der Waals surface area (Å²) in [6.07, 6.45) is 1.49. The molecule has 1 N–H and O–H groups in total. The highest BCUT2D eigenvalue weighted by Gasteiger charge is 2.15.